The molecule has 0 atom stereocenters. The number of ketones is 1. The summed E-state index contributed by atoms with van der Waals surface area (Å²) in [6, 6.07) is 4.12. The van der Waals surface area contributed by atoms with E-state index in [4.69, 9.17) is 0 Å². The van der Waals surface area contributed by atoms with Gasteiger partial charge in [0.05, 0.1) is 6.54 Å². The summed E-state index contributed by atoms with van der Waals surface area (Å²) in [5.74, 6) is 1.04. The summed E-state index contributed by atoms with van der Waals surface area (Å²) in [7, 11) is 0. The van der Waals surface area contributed by atoms with Crippen LogP contribution in [0, 0.1) is 26.7 Å². The van der Waals surface area contributed by atoms with Crippen LogP contribution in [0.1, 0.15) is 39.9 Å². The lowest BCUT2D eigenvalue weighted by atomic mass is 9.98. The average Bonchev–Trinajstić information content (AvgIpc) is 3.07. The van der Waals surface area contributed by atoms with E-state index >= 15 is 0 Å². The number of rotatable bonds is 5. The quantitative estimate of drug-likeness (QED) is 0.789. The van der Waals surface area contributed by atoms with Crippen LogP contribution >= 0.6 is 0 Å². The van der Waals surface area contributed by atoms with E-state index in [-0.39, 0.29) is 5.78 Å². The summed E-state index contributed by atoms with van der Waals surface area (Å²) >= 11 is 0. The fourth-order valence-corrected chi connectivity index (χ4v) is 2.07. The summed E-state index contributed by atoms with van der Waals surface area (Å²) in [6.07, 6.45) is 2.65. The zero-order valence-electron chi connectivity index (χ0n) is 11.0. The highest BCUT2D eigenvalue weighted by molar-refractivity contribution is 5.99. The van der Waals surface area contributed by atoms with Crippen molar-refractivity contribution in [2.24, 2.45) is 5.92 Å². The molecule has 2 nitrogen and oxygen atoms in total. The molecule has 0 bridgehead atoms. The van der Waals surface area contributed by atoms with Gasteiger partial charge in [-0.05, 0) is 68.8 Å². The van der Waals surface area contributed by atoms with Gasteiger partial charge in [-0.1, -0.05) is 6.07 Å². The molecule has 1 fully saturated rings. The Morgan fingerprint density at radius 2 is 1.82 bits per heavy atom. The minimum atomic E-state index is 0.214. The molecular formula is C15H21NO. The van der Waals surface area contributed by atoms with Crippen LogP contribution in [0.5, 0.6) is 0 Å². The van der Waals surface area contributed by atoms with Crippen LogP contribution in [0.15, 0.2) is 12.1 Å². The van der Waals surface area contributed by atoms with E-state index in [1.165, 1.54) is 24.0 Å². The van der Waals surface area contributed by atoms with E-state index in [2.05, 4.69) is 25.2 Å². The van der Waals surface area contributed by atoms with Gasteiger partial charge in [0, 0.05) is 5.56 Å². The summed E-state index contributed by atoms with van der Waals surface area (Å²) < 4.78 is 0. The Morgan fingerprint density at radius 1 is 1.18 bits per heavy atom. The topological polar surface area (TPSA) is 29.1 Å². The van der Waals surface area contributed by atoms with Crippen LogP contribution < -0.4 is 5.32 Å². The molecule has 1 saturated carbocycles. The van der Waals surface area contributed by atoms with Crippen molar-refractivity contribution in [1.82, 2.24) is 5.32 Å². The SMILES string of the molecule is Cc1cc(C)c(C(=O)CNCC2CC2)cc1C. The third-order valence-corrected chi connectivity index (χ3v) is 3.56. The van der Waals surface area contributed by atoms with Gasteiger partial charge in [-0.15, -0.1) is 0 Å². The molecule has 1 aliphatic rings. The van der Waals surface area contributed by atoms with Gasteiger partial charge in [0.1, 0.15) is 0 Å². The van der Waals surface area contributed by atoms with E-state index in [0.29, 0.717) is 6.54 Å². The number of hydrogen-bond acceptors (Lipinski definition) is 2. The Kier molecular flexibility index (Phi) is 3.63. The zero-order chi connectivity index (χ0) is 12.4. The van der Waals surface area contributed by atoms with E-state index in [1.807, 2.05) is 13.0 Å². The smallest absolute Gasteiger partial charge is 0.176 e. The van der Waals surface area contributed by atoms with Crippen molar-refractivity contribution in [3.63, 3.8) is 0 Å². The normalized spacial score (nSPS) is 15.0. The third kappa shape index (κ3) is 3.16. The van der Waals surface area contributed by atoms with E-state index in [0.717, 1.165) is 23.6 Å². The molecule has 1 aliphatic carbocycles. The molecule has 2 heteroatoms. The first-order chi connectivity index (χ1) is 8.08. The Bertz CT molecular complexity index is 433. The van der Waals surface area contributed by atoms with Gasteiger partial charge in [0.25, 0.3) is 0 Å². The molecule has 92 valence electrons. The summed E-state index contributed by atoms with van der Waals surface area (Å²) in [5.41, 5.74) is 4.41. The maximum absolute atomic E-state index is 12.1. The number of benzene rings is 1. The highest BCUT2D eigenvalue weighted by Crippen LogP contribution is 2.27. The molecule has 17 heavy (non-hydrogen) atoms. The molecule has 0 unspecified atom stereocenters. The number of Topliss-reactive ketones (excluding diaryl/α,β-unsaturated/α-hetero) is 1. The van der Waals surface area contributed by atoms with Crippen molar-refractivity contribution < 1.29 is 4.79 Å². The highest BCUT2D eigenvalue weighted by Gasteiger charge is 2.21. The lowest BCUT2D eigenvalue weighted by Gasteiger charge is -2.09. The molecule has 0 radical (unpaired) electrons. The van der Waals surface area contributed by atoms with Gasteiger partial charge >= 0.3 is 0 Å². The maximum Gasteiger partial charge on any atom is 0.176 e. The molecule has 1 aromatic rings. The van der Waals surface area contributed by atoms with Gasteiger partial charge in [-0.2, -0.15) is 0 Å². The predicted molar refractivity (Wildman–Crippen MR) is 70.6 cm³/mol. The van der Waals surface area contributed by atoms with Crippen molar-refractivity contribution in [2.75, 3.05) is 13.1 Å². The van der Waals surface area contributed by atoms with Crippen LogP contribution in [0.25, 0.3) is 0 Å². The fraction of sp³-hybridized carbons (Fsp3) is 0.533. The third-order valence-electron chi connectivity index (χ3n) is 3.56. The van der Waals surface area contributed by atoms with Crippen molar-refractivity contribution >= 4 is 5.78 Å². The van der Waals surface area contributed by atoms with Crippen LogP contribution in [0.3, 0.4) is 0 Å². The maximum atomic E-state index is 12.1. The lowest BCUT2D eigenvalue weighted by molar-refractivity contribution is 0.0990. The molecular weight excluding hydrogens is 210 g/mol. The minimum absolute atomic E-state index is 0.214. The number of hydrogen-bond donors (Lipinski definition) is 1. The Morgan fingerprint density at radius 3 is 2.47 bits per heavy atom. The first-order valence-corrected chi connectivity index (χ1v) is 6.39. The zero-order valence-corrected chi connectivity index (χ0v) is 11.0. The van der Waals surface area contributed by atoms with Gasteiger partial charge in [0.2, 0.25) is 0 Å². The molecule has 0 heterocycles. The molecule has 0 amide bonds. The van der Waals surface area contributed by atoms with Crippen molar-refractivity contribution in [2.45, 2.75) is 33.6 Å². The monoisotopic (exact) mass is 231 g/mol. The van der Waals surface area contributed by atoms with Crippen LogP contribution in [0.2, 0.25) is 0 Å². The van der Waals surface area contributed by atoms with Crippen LogP contribution in [-0.2, 0) is 0 Å². The fourth-order valence-electron chi connectivity index (χ4n) is 2.07. The second-order valence-electron chi connectivity index (χ2n) is 5.25. The molecule has 1 N–H and O–H groups in total. The number of aryl methyl sites for hydroxylation is 3. The van der Waals surface area contributed by atoms with Gasteiger partial charge in [-0.3, -0.25) is 4.79 Å². The second-order valence-corrected chi connectivity index (χ2v) is 5.25. The number of carbonyl (C=O) groups is 1. The van der Waals surface area contributed by atoms with E-state index in [1.54, 1.807) is 0 Å². The molecule has 1 aromatic carbocycles. The summed E-state index contributed by atoms with van der Waals surface area (Å²) in [4.78, 5) is 12.1. The number of carbonyl (C=O) groups excluding carboxylic acids is 1. The van der Waals surface area contributed by atoms with E-state index in [9.17, 15) is 4.79 Å². The van der Waals surface area contributed by atoms with Gasteiger partial charge < -0.3 is 5.32 Å². The first kappa shape index (κ1) is 12.3. The molecule has 2 rings (SSSR count). The Hall–Kier alpha value is -1.15. The minimum Gasteiger partial charge on any atom is -0.309 e. The molecule has 0 saturated heterocycles. The molecule has 0 spiro atoms. The largest absolute Gasteiger partial charge is 0.309 e. The second kappa shape index (κ2) is 5.01. The van der Waals surface area contributed by atoms with Crippen molar-refractivity contribution in [1.29, 1.82) is 0 Å². The number of nitrogens with one attached hydrogen (secondary N) is 1. The summed E-state index contributed by atoms with van der Waals surface area (Å²) in [5, 5.41) is 3.26. The van der Waals surface area contributed by atoms with Crippen LogP contribution in [0.4, 0.5) is 0 Å². The summed E-state index contributed by atoms with van der Waals surface area (Å²) in [6.45, 7) is 7.63. The van der Waals surface area contributed by atoms with E-state index < -0.39 is 0 Å². The van der Waals surface area contributed by atoms with Crippen molar-refractivity contribution in [3.8, 4) is 0 Å². The molecule has 0 aromatic heterocycles. The Labute approximate surface area is 103 Å². The first-order valence-electron chi connectivity index (χ1n) is 6.39. The predicted octanol–water partition coefficient (Wildman–Crippen LogP) is 2.79. The van der Waals surface area contributed by atoms with Gasteiger partial charge in [-0.25, -0.2) is 0 Å². The van der Waals surface area contributed by atoms with Crippen molar-refractivity contribution in [3.05, 3.63) is 34.4 Å². The van der Waals surface area contributed by atoms with Crippen LogP contribution in [-0.4, -0.2) is 18.9 Å². The van der Waals surface area contributed by atoms with Gasteiger partial charge in [0.15, 0.2) is 5.78 Å². The molecule has 0 aliphatic heterocycles. The standard InChI is InChI=1S/C15H21NO/c1-10-6-12(3)14(7-11(10)2)15(17)9-16-8-13-4-5-13/h6-7,13,16H,4-5,8-9H2,1-3H3. The highest BCUT2D eigenvalue weighted by atomic mass is 16.1. The Balaban J connectivity index is 1.99. The average molecular weight is 231 g/mol. The lowest BCUT2D eigenvalue weighted by Crippen LogP contribution is -2.25.